The van der Waals surface area contributed by atoms with Gasteiger partial charge in [0.15, 0.2) is 0 Å². The molecular formula is C12H24N2O3S. The lowest BCUT2D eigenvalue weighted by Crippen LogP contribution is -2.44. The standard InChI is InChI=1S/C12H24N2O3S/c1-3-10(2)18(16,17)14-12(15)13-9-11-7-5-4-6-8-11/h10-11H,3-9H2,1-2H3,(H2,13,14,15). The van der Waals surface area contributed by atoms with Crippen LogP contribution in [0.4, 0.5) is 4.79 Å². The van der Waals surface area contributed by atoms with Crippen LogP contribution < -0.4 is 10.0 Å². The van der Waals surface area contributed by atoms with E-state index in [9.17, 15) is 13.2 Å². The highest BCUT2D eigenvalue weighted by Gasteiger charge is 2.22. The monoisotopic (exact) mass is 276 g/mol. The highest BCUT2D eigenvalue weighted by Crippen LogP contribution is 2.22. The molecule has 6 heteroatoms. The van der Waals surface area contributed by atoms with Crippen LogP contribution in [0.1, 0.15) is 52.4 Å². The van der Waals surface area contributed by atoms with E-state index in [0.717, 1.165) is 12.8 Å². The largest absolute Gasteiger partial charge is 0.337 e. The Morgan fingerprint density at radius 2 is 1.89 bits per heavy atom. The minimum Gasteiger partial charge on any atom is -0.337 e. The predicted octanol–water partition coefficient (Wildman–Crippen LogP) is 1.99. The Morgan fingerprint density at radius 3 is 2.44 bits per heavy atom. The molecule has 106 valence electrons. The molecule has 0 heterocycles. The maximum Gasteiger partial charge on any atom is 0.328 e. The average molecular weight is 276 g/mol. The first kappa shape index (κ1) is 15.3. The molecule has 1 saturated carbocycles. The molecule has 2 amide bonds. The lowest BCUT2D eigenvalue weighted by molar-refractivity contribution is 0.241. The normalized spacial score (nSPS) is 19.2. The van der Waals surface area contributed by atoms with E-state index in [1.54, 1.807) is 13.8 Å². The predicted molar refractivity (Wildman–Crippen MR) is 71.8 cm³/mol. The molecule has 1 aliphatic carbocycles. The van der Waals surface area contributed by atoms with Gasteiger partial charge in [0.25, 0.3) is 0 Å². The number of rotatable bonds is 5. The van der Waals surface area contributed by atoms with Gasteiger partial charge in [0.1, 0.15) is 0 Å². The summed E-state index contributed by atoms with van der Waals surface area (Å²) in [6, 6.07) is -0.596. The molecular weight excluding hydrogens is 252 g/mol. The number of amides is 2. The van der Waals surface area contributed by atoms with Crippen LogP contribution in [-0.4, -0.2) is 26.2 Å². The van der Waals surface area contributed by atoms with Gasteiger partial charge < -0.3 is 5.32 Å². The van der Waals surface area contributed by atoms with Crippen molar-refractivity contribution in [2.45, 2.75) is 57.6 Å². The summed E-state index contributed by atoms with van der Waals surface area (Å²) in [7, 11) is -3.52. The second kappa shape index (κ2) is 6.97. The molecule has 2 N–H and O–H groups in total. The van der Waals surface area contributed by atoms with E-state index in [0.29, 0.717) is 18.9 Å². The first-order valence-electron chi connectivity index (χ1n) is 6.75. The number of hydrogen-bond acceptors (Lipinski definition) is 3. The summed E-state index contributed by atoms with van der Waals surface area (Å²) in [4.78, 5) is 11.5. The van der Waals surface area contributed by atoms with Gasteiger partial charge in [-0.15, -0.1) is 0 Å². The van der Waals surface area contributed by atoms with Crippen LogP contribution in [0, 0.1) is 5.92 Å². The molecule has 0 saturated heterocycles. The fraction of sp³-hybridized carbons (Fsp3) is 0.917. The Morgan fingerprint density at radius 1 is 1.28 bits per heavy atom. The van der Waals surface area contributed by atoms with Crippen molar-refractivity contribution in [3.63, 3.8) is 0 Å². The first-order valence-corrected chi connectivity index (χ1v) is 8.29. The number of carbonyl (C=O) groups excluding carboxylic acids is 1. The molecule has 0 radical (unpaired) electrons. The first-order chi connectivity index (χ1) is 8.45. The smallest absolute Gasteiger partial charge is 0.328 e. The average Bonchev–Trinajstić information content (AvgIpc) is 2.36. The van der Waals surface area contributed by atoms with Gasteiger partial charge in [0.05, 0.1) is 5.25 Å². The minimum absolute atomic E-state index is 0.491. The highest BCUT2D eigenvalue weighted by molar-refractivity contribution is 7.90. The summed E-state index contributed by atoms with van der Waals surface area (Å²) in [6.45, 7) is 3.95. The topological polar surface area (TPSA) is 75.3 Å². The molecule has 18 heavy (non-hydrogen) atoms. The fourth-order valence-corrected chi connectivity index (χ4v) is 3.08. The Balaban J connectivity index is 2.32. The van der Waals surface area contributed by atoms with Gasteiger partial charge in [0.2, 0.25) is 10.0 Å². The lowest BCUT2D eigenvalue weighted by Gasteiger charge is -2.22. The van der Waals surface area contributed by atoms with Crippen LogP contribution in [0.3, 0.4) is 0 Å². The van der Waals surface area contributed by atoms with Crippen LogP contribution in [-0.2, 0) is 10.0 Å². The van der Waals surface area contributed by atoms with Crippen molar-refractivity contribution in [3.05, 3.63) is 0 Å². The van der Waals surface area contributed by atoms with Crippen molar-refractivity contribution in [3.8, 4) is 0 Å². The molecule has 0 aliphatic heterocycles. The number of urea groups is 1. The third-order valence-electron chi connectivity index (χ3n) is 3.62. The Labute approximate surface area is 110 Å². The third-order valence-corrected chi connectivity index (χ3v) is 5.48. The van der Waals surface area contributed by atoms with Crippen LogP contribution in [0.15, 0.2) is 0 Å². The molecule has 1 atom stereocenters. The van der Waals surface area contributed by atoms with E-state index in [1.807, 2.05) is 0 Å². The molecule has 0 spiro atoms. The Bertz CT molecular complexity index is 362. The number of sulfonamides is 1. The molecule has 1 rings (SSSR count). The summed E-state index contributed by atoms with van der Waals surface area (Å²) in [5.41, 5.74) is 0. The van der Waals surface area contributed by atoms with E-state index in [1.165, 1.54) is 19.3 Å². The van der Waals surface area contributed by atoms with Crippen molar-refractivity contribution < 1.29 is 13.2 Å². The third kappa shape index (κ3) is 4.84. The molecule has 1 aliphatic rings. The van der Waals surface area contributed by atoms with E-state index in [2.05, 4.69) is 10.0 Å². The maximum absolute atomic E-state index is 11.7. The van der Waals surface area contributed by atoms with Crippen LogP contribution in [0.25, 0.3) is 0 Å². The van der Waals surface area contributed by atoms with Crippen molar-refractivity contribution in [2.75, 3.05) is 6.54 Å². The van der Waals surface area contributed by atoms with Crippen LogP contribution in [0.2, 0.25) is 0 Å². The van der Waals surface area contributed by atoms with Gasteiger partial charge in [-0.2, -0.15) is 0 Å². The molecule has 0 aromatic rings. The van der Waals surface area contributed by atoms with Gasteiger partial charge in [0, 0.05) is 6.54 Å². The minimum atomic E-state index is -3.52. The lowest BCUT2D eigenvalue weighted by atomic mass is 9.89. The van der Waals surface area contributed by atoms with E-state index < -0.39 is 21.3 Å². The zero-order valence-electron chi connectivity index (χ0n) is 11.2. The zero-order valence-corrected chi connectivity index (χ0v) is 12.1. The summed E-state index contributed by atoms with van der Waals surface area (Å²) in [6.07, 6.45) is 6.42. The molecule has 1 fully saturated rings. The van der Waals surface area contributed by atoms with Crippen molar-refractivity contribution in [2.24, 2.45) is 5.92 Å². The van der Waals surface area contributed by atoms with Gasteiger partial charge in [-0.1, -0.05) is 26.2 Å². The SMILES string of the molecule is CCC(C)S(=O)(=O)NC(=O)NCC1CCCCC1. The summed E-state index contributed by atoms with van der Waals surface area (Å²) >= 11 is 0. The van der Waals surface area contributed by atoms with Crippen molar-refractivity contribution >= 4 is 16.1 Å². The second-order valence-corrected chi connectivity index (χ2v) is 7.18. The molecule has 0 aromatic carbocycles. The molecule has 0 aromatic heterocycles. The summed E-state index contributed by atoms with van der Waals surface area (Å²) in [5.74, 6) is 0.496. The van der Waals surface area contributed by atoms with Crippen molar-refractivity contribution in [1.82, 2.24) is 10.0 Å². The number of hydrogen-bond donors (Lipinski definition) is 2. The van der Waals surface area contributed by atoms with Gasteiger partial charge in [-0.3, -0.25) is 0 Å². The van der Waals surface area contributed by atoms with E-state index in [4.69, 9.17) is 0 Å². The number of nitrogens with one attached hydrogen (secondary N) is 2. The Hall–Kier alpha value is -0.780. The van der Waals surface area contributed by atoms with Gasteiger partial charge in [-0.25, -0.2) is 17.9 Å². The summed E-state index contributed by atoms with van der Waals surface area (Å²) in [5, 5.41) is 2.11. The van der Waals surface area contributed by atoms with Gasteiger partial charge in [-0.05, 0) is 32.1 Å². The Kier molecular flexibility index (Phi) is 5.91. The second-order valence-electron chi connectivity index (χ2n) is 5.08. The van der Waals surface area contributed by atoms with Crippen LogP contribution >= 0.6 is 0 Å². The highest BCUT2D eigenvalue weighted by atomic mass is 32.2. The molecule has 5 nitrogen and oxygen atoms in total. The fourth-order valence-electron chi connectivity index (χ4n) is 2.11. The quantitative estimate of drug-likeness (QED) is 0.806. The summed E-state index contributed by atoms with van der Waals surface area (Å²) < 4.78 is 25.4. The molecule has 0 bridgehead atoms. The van der Waals surface area contributed by atoms with E-state index >= 15 is 0 Å². The van der Waals surface area contributed by atoms with Crippen LogP contribution in [0.5, 0.6) is 0 Å². The van der Waals surface area contributed by atoms with E-state index in [-0.39, 0.29) is 0 Å². The molecule has 1 unspecified atom stereocenters. The van der Waals surface area contributed by atoms with Crippen molar-refractivity contribution in [1.29, 1.82) is 0 Å². The zero-order chi connectivity index (χ0) is 13.6. The number of carbonyl (C=O) groups is 1. The van der Waals surface area contributed by atoms with Gasteiger partial charge >= 0.3 is 6.03 Å². The maximum atomic E-state index is 11.7.